The predicted octanol–water partition coefficient (Wildman–Crippen LogP) is 5.61. The molecule has 3 N–H and O–H groups in total. The molecule has 174 valence electrons. The Balaban J connectivity index is 1.51. The van der Waals surface area contributed by atoms with Gasteiger partial charge in [-0.15, -0.1) is 0 Å². The molecular weight excluding hydrogens is 456 g/mol. The van der Waals surface area contributed by atoms with E-state index in [-0.39, 0.29) is 5.91 Å². The molecule has 3 aromatic heterocycles. The third kappa shape index (κ3) is 3.31. The van der Waals surface area contributed by atoms with Crippen LogP contribution in [0.25, 0.3) is 27.7 Å². The molecule has 0 spiro atoms. The number of rotatable bonds is 5. The lowest BCUT2D eigenvalue weighted by Gasteiger charge is -2.20. The topological polar surface area (TPSA) is 84.1 Å². The zero-order chi connectivity index (χ0) is 24.3. The summed E-state index contributed by atoms with van der Waals surface area (Å²) < 4.78 is 2.05. The van der Waals surface area contributed by atoms with E-state index in [0.717, 1.165) is 44.5 Å². The summed E-state index contributed by atoms with van der Waals surface area (Å²) in [6.45, 7) is 4.31. The minimum Gasteiger partial charge on any atom is -0.366 e. The Bertz CT molecular complexity index is 1610. The number of nitrogens with zero attached hydrogens (tertiary/aromatic N) is 2. The quantitative estimate of drug-likeness (QED) is 0.343. The number of carbonyl (C=O) groups is 2. The van der Waals surface area contributed by atoms with Crippen LogP contribution in [-0.2, 0) is 16.8 Å². The maximum absolute atomic E-state index is 13.8. The lowest BCUT2D eigenvalue weighted by atomic mass is 9.80. The Morgan fingerprint density at radius 3 is 2.71 bits per heavy atom. The van der Waals surface area contributed by atoms with Gasteiger partial charge in [-0.25, -0.2) is 0 Å². The first-order valence-corrected chi connectivity index (χ1v) is 12.3. The highest BCUT2D eigenvalue weighted by molar-refractivity contribution is 7.08. The van der Waals surface area contributed by atoms with Crippen molar-refractivity contribution in [1.29, 1.82) is 0 Å². The lowest BCUT2D eigenvalue weighted by Crippen LogP contribution is -2.35. The molecule has 0 saturated heterocycles. The van der Waals surface area contributed by atoms with E-state index in [2.05, 4.69) is 21.0 Å². The van der Waals surface area contributed by atoms with Crippen LogP contribution in [0.5, 0.6) is 0 Å². The first kappa shape index (κ1) is 21.4. The number of benzene rings is 2. The highest BCUT2D eigenvalue weighted by atomic mass is 32.1. The monoisotopic (exact) mass is 480 g/mol. The molecule has 7 heteroatoms. The minimum absolute atomic E-state index is 0.00139. The van der Waals surface area contributed by atoms with Crippen LogP contribution in [-0.4, -0.2) is 21.4 Å². The number of hydrogen-bond donors (Lipinski definition) is 2. The molecule has 0 aliphatic carbocycles. The van der Waals surface area contributed by atoms with E-state index in [9.17, 15) is 9.59 Å². The van der Waals surface area contributed by atoms with Gasteiger partial charge in [0.15, 0.2) is 0 Å². The Hall–Kier alpha value is -4.10. The molecule has 2 aromatic carbocycles. The summed E-state index contributed by atoms with van der Waals surface area (Å²) in [6.07, 6.45) is 5.98. The molecule has 2 amide bonds. The van der Waals surface area contributed by atoms with Gasteiger partial charge in [0, 0.05) is 51.7 Å². The highest BCUT2D eigenvalue weighted by Crippen LogP contribution is 2.49. The number of H-pyrrole nitrogens is 1. The number of nitrogens with one attached hydrogen (secondary N) is 1. The third-order valence-corrected chi connectivity index (χ3v) is 7.55. The maximum atomic E-state index is 13.8. The van der Waals surface area contributed by atoms with Crippen LogP contribution < -0.4 is 10.6 Å². The molecule has 0 unspecified atom stereocenters. The van der Waals surface area contributed by atoms with Gasteiger partial charge < -0.3 is 20.2 Å². The van der Waals surface area contributed by atoms with Gasteiger partial charge in [0.05, 0.1) is 17.6 Å². The molecule has 0 bridgehead atoms. The molecule has 0 atom stereocenters. The van der Waals surface area contributed by atoms with Crippen molar-refractivity contribution in [2.75, 3.05) is 4.90 Å². The molecule has 1 aliphatic heterocycles. The Labute approximate surface area is 206 Å². The van der Waals surface area contributed by atoms with Crippen molar-refractivity contribution >= 4 is 39.7 Å². The zero-order valence-electron chi connectivity index (χ0n) is 19.4. The van der Waals surface area contributed by atoms with Crippen LogP contribution in [0.15, 0.2) is 77.9 Å². The fourth-order valence-corrected chi connectivity index (χ4v) is 5.77. The molecule has 35 heavy (non-hydrogen) atoms. The SMILES string of the molecule is CC1(C)C(=O)N(Cc2ccn(-c3ccsc3)c2)c2cc(C(N)=O)cc(-c3c[nH]c4ccccc34)c21. The van der Waals surface area contributed by atoms with Crippen molar-refractivity contribution in [3.63, 3.8) is 0 Å². The summed E-state index contributed by atoms with van der Waals surface area (Å²) in [5, 5.41) is 5.15. The van der Waals surface area contributed by atoms with E-state index in [4.69, 9.17) is 5.73 Å². The molecule has 6 nitrogen and oxygen atoms in total. The Morgan fingerprint density at radius 1 is 1.11 bits per heavy atom. The van der Waals surface area contributed by atoms with Gasteiger partial charge in [-0.3, -0.25) is 9.59 Å². The summed E-state index contributed by atoms with van der Waals surface area (Å²) in [5.74, 6) is -0.520. The van der Waals surface area contributed by atoms with Gasteiger partial charge in [-0.2, -0.15) is 11.3 Å². The van der Waals surface area contributed by atoms with Gasteiger partial charge in [-0.05, 0) is 66.2 Å². The number of aromatic amines is 1. The number of fused-ring (bicyclic) bond motifs is 2. The van der Waals surface area contributed by atoms with Crippen molar-refractivity contribution in [1.82, 2.24) is 9.55 Å². The number of nitrogens with two attached hydrogens (primary N) is 1. The van der Waals surface area contributed by atoms with Crippen LogP contribution in [0.3, 0.4) is 0 Å². The average Bonchev–Trinajstić information content (AvgIpc) is 3.63. The number of amides is 2. The molecule has 4 heterocycles. The molecule has 5 aromatic rings. The molecule has 0 saturated carbocycles. The summed E-state index contributed by atoms with van der Waals surface area (Å²) >= 11 is 1.64. The van der Waals surface area contributed by atoms with E-state index in [0.29, 0.717) is 12.1 Å². The first-order valence-electron chi connectivity index (χ1n) is 11.4. The third-order valence-electron chi connectivity index (χ3n) is 6.88. The Morgan fingerprint density at radius 2 is 1.94 bits per heavy atom. The van der Waals surface area contributed by atoms with Crippen molar-refractivity contribution in [3.8, 4) is 16.8 Å². The standard InChI is InChI=1S/C28H24N4O2S/c1-28(2)25-21(22-13-30-23-6-4-3-5-20(22)23)11-18(26(29)33)12-24(25)32(27(28)34)15-17-7-9-31(14-17)19-8-10-35-16-19/h3-14,16,30H,15H2,1-2H3,(H2,29,33). The first-order chi connectivity index (χ1) is 16.8. The molecule has 6 rings (SSSR count). The number of primary amides is 1. The van der Waals surface area contributed by atoms with Gasteiger partial charge in [0.2, 0.25) is 11.8 Å². The fourth-order valence-electron chi connectivity index (χ4n) is 5.14. The minimum atomic E-state index is -0.769. The number of para-hydroxylation sites is 1. The summed E-state index contributed by atoms with van der Waals surface area (Å²) in [5.41, 5.74) is 11.9. The van der Waals surface area contributed by atoms with Crippen LogP contribution >= 0.6 is 11.3 Å². The van der Waals surface area contributed by atoms with Gasteiger partial charge in [-0.1, -0.05) is 18.2 Å². The van der Waals surface area contributed by atoms with E-state index in [1.54, 1.807) is 22.3 Å². The van der Waals surface area contributed by atoms with Crippen LogP contribution in [0.2, 0.25) is 0 Å². The van der Waals surface area contributed by atoms with Crippen LogP contribution in [0.1, 0.15) is 35.3 Å². The summed E-state index contributed by atoms with van der Waals surface area (Å²) in [4.78, 5) is 31.2. The highest BCUT2D eigenvalue weighted by Gasteiger charge is 2.46. The van der Waals surface area contributed by atoms with Gasteiger partial charge in [0.25, 0.3) is 0 Å². The molecule has 1 aliphatic rings. The largest absolute Gasteiger partial charge is 0.366 e. The number of thiophene rings is 1. The molecule has 0 fully saturated rings. The van der Waals surface area contributed by atoms with Gasteiger partial charge in [0.1, 0.15) is 0 Å². The Kier molecular flexibility index (Phi) is 4.72. The second-order valence-corrected chi connectivity index (χ2v) is 10.2. The van der Waals surface area contributed by atoms with E-state index >= 15 is 0 Å². The molecular formula is C28H24N4O2S. The van der Waals surface area contributed by atoms with E-state index in [1.807, 2.05) is 74.2 Å². The average molecular weight is 481 g/mol. The maximum Gasteiger partial charge on any atom is 0.248 e. The number of anilines is 1. The van der Waals surface area contributed by atoms with Crippen LogP contribution in [0.4, 0.5) is 5.69 Å². The van der Waals surface area contributed by atoms with Crippen molar-refractivity contribution in [2.45, 2.75) is 25.8 Å². The normalized spacial score (nSPS) is 14.6. The van der Waals surface area contributed by atoms with E-state index in [1.165, 1.54) is 0 Å². The van der Waals surface area contributed by atoms with E-state index < -0.39 is 11.3 Å². The number of hydrogen-bond acceptors (Lipinski definition) is 3. The lowest BCUT2D eigenvalue weighted by molar-refractivity contribution is -0.122. The van der Waals surface area contributed by atoms with Gasteiger partial charge >= 0.3 is 0 Å². The summed E-state index contributed by atoms with van der Waals surface area (Å²) in [7, 11) is 0. The second kappa shape index (κ2) is 7.71. The molecule has 0 radical (unpaired) electrons. The van der Waals surface area contributed by atoms with Crippen molar-refractivity contribution < 1.29 is 9.59 Å². The van der Waals surface area contributed by atoms with Crippen molar-refractivity contribution in [2.24, 2.45) is 5.73 Å². The smallest absolute Gasteiger partial charge is 0.248 e. The second-order valence-electron chi connectivity index (χ2n) is 9.45. The number of aromatic nitrogens is 2. The summed E-state index contributed by atoms with van der Waals surface area (Å²) in [6, 6.07) is 15.7. The van der Waals surface area contributed by atoms with Crippen LogP contribution in [0, 0.1) is 0 Å². The number of carbonyl (C=O) groups excluding carboxylic acids is 2. The zero-order valence-corrected chi connectivity index (χ0v) is 20.2. The predicted molar refractivity (Wildman–Crippen MR) is 140 cm³/mol. The fraction of sp³-hybridized carbons (Fsp3) is 0.143. The van der Waals surface area contributed by atoms with Crippen molar-refractivity contribution in [3.05, 3.63) is 94.6 Å².